The molecule has 0 spiro atoms. The van der Waals surface area contributed by atoms with Crippen LogP contribution in [0.5, 0.6) is 0 Å². The topological polar surface area (TPSA) is 26.0 Å². The molecule has 2 heteroatoms. The van der Waals surface area contributed by atoms with Crippen LogP contribution in [0.4, 0.5) is 10.1 Å². The van der Waals surface area contributed by atoms with E-state index in [1.807, 2.05) is 26.8 Å². The Labute approximate surface area is 72.4 Å². The molecule has 0 aliphatic carbocycles. The fraction of sp³-hybridized carbons (Fsp3) is 0.400. The first-order valence-electron chi connectivity index (χ1n) is 4.08. The summed E-state index contributed by atoms with van der Waals surface area (Å²) in [6, 6.07) is 3.50. The van der Waals surface area contributed by atoms with Gasteiger partial charge in [-0.3, -0.25) is 0 Å². The quantitative estimate of drug-likeness (QED) is 0.639. The van der Waals surface area contributed by atoms with Gasteiger partial charge in [0, 0.05) is 0 Å². The molecule has 0 aromatic heterocycles. The molecule has 0 unspecified atom stereocenters. The standard InChI is InChI=1S/C10H14FN/c1-6(2)8-4-7(3)5-9(12)10(8)11/h4-6H,12H2,1-3H3. The first-order chi connectivity index (χ1) is 5.52. The second kappa shape index (κ2) is 3.13. The summed E-state index contributed by atoms with van der Waals surface area (Å²) in [5.74, 6) is -0.0807. The van der Waals surface area contributed by atoms with Crippen LogP contribution in [0.2, 0.25) is 0 Å². The van der Waals surface area contributed by atoms with E-state index < -0.39 is 0 Å². The van der Waals surface area contributed by atoms with Gasteiger partial charge in [0.2, 0.25) is 0 Å². The van der Waals surface area contributed by atoms with E-state index in [1.165, 1.54) is 0 Å². The van der Waals surface area contributed by atoms with Gasteiger partial charge >= 0.3 is 0 Å². The van der Waals surface area contributed by atoms with Crippen LogP contribution in [0.25, 0.3) is 0 Å². The number of hydrogen-bond acceptors (Lipinski definition) is 1. The highest BCUT2D eigenvalue weighted by atomic mass is 19.1. The fourth-order valence-electron chi connectivity index (χ4n) is 1.25. The molecular weight excluding hydrogens is 153 g/mol. The van der Waals surface area contributed by atoms with Crippen molar-refractivity contribution in [2.75, 3.05) is 5.73 Å². The number of aryl methyl sites for hydroxylation is 1. The van der Waals surface area contributed by atoms with Gasteiger partial charge in [-0.15, -0.1) is 0 Å². The maximum absolute atomic E-state index is 13.3. The average Bonchev–Trinajstić information content (AvgIpc) is 1.96. The van der Waals surface area contributed by atoms with Crippen molar-refractivity contribution < 1.29 is 4.39 Å². The molecule has 0 saturated heterocycles. The maximum atomic E-state index is 13.3. The van der Waals surface area contributed by atoms with Gasteiger partial charge in [-0.1, -0.05) is 19.9 Å². The van der Waals surface area contributed by atoms with Crippen LogP contribution < -0.4 is 5.73 Å². The van der Waals surface area contributed by atoms with Crippen molar-refractivity contribution in [3.8, 4) is 0 Å². The number of benzene rings is 1. The molecule has 0 radical (unpaired) electrons. The van der Waals surface area contributed by atoms with Gasteiger partial charge in [-0.25, -0.2) is 4.39 Å². The summed E-state index contributed by atoms with van der Waals surface area (Å²) in [5.41, 5.74) is 7.45. The maximum Gasteiger partial charge on any atom is 0.149 e. The van der Waals surface area contributed by atoms with Gasteiger partial charge in [-0.2, -0.15) is 0 Å². The van der Waals surface area contributed by atoms with Crippen LogP contribution in [0.3, 0.4) is 0 Å². The van der Waals surface area contributed by atoms with E-state index >= 15 is 0 Å². The van der Waals surface area contributed by atoms with Crippen LogP contribution in [-0.4, -0.2) is 0 Å². The van der Waals surface area contributed by atoms with Gasteiger partial charge in [0.1, 0.15) is 5.82 Å². The summed E-state index contributed by atoms with van der Waals surface area (Å²) < 4.78 is 13.3. The number of anilines is 1. The SMILES string of the molecule is Cc1cc(N)c(F)c(C(C)C)c1. The number of halogens is 1. The molecule has 0 atom stereocenters. The molecule has 0 aliphatic heterocycles. The summed E-state index contributed by atoms with van der Waals surface area (Å²) in [6.45, 7) is 5.83. The molecule has 0 amide bonds. The lowest BCUT2D eigenvalue weighted by molar-refractivity contribution is 0.602. The molecule has 1 rings (SSSR count). The van der Waals surface area contributed by atoms with Gasteiger partial charge in [0.25, 0.3) is 0 Å². The molecule has 1 nitrogen and oxygen atoms in total. The third kappa shape index (κ3) is 1.58. The minimum atomic E-state index is -0.268. The lowest BCUT2D eigenvalue weighted by atomic mass is 9.99. The molecule has 66 valence electrons. The molecule has 0 aliphatic rings. The normalized spacial score (nSPS) is 10.8. The van der Waals surface area contributed by atoms with Crippen molar-refractivity contribution in [2.24, 2.45) is 0 Å². The first kappa shape index (κ1) is 9.04. The highest BCUT2D eigenvalue weighted by Crippen LogP contribution is 2.24. The summed E-state index contributed by atoms with van der Waals surface area (Å²) in [7, 11) is 0. The number of nitrogens with two attached hydrogens (primary N) is 1. The smallest absolute Gasteiger partial charge is 0.149 e. The Bertz CT molecular complexity index is 292. The van der Waals surface area contributed by atoms with Gasteiger partial charge in [-0.05, 0) is 30.0 Å². The number of nitrogen functional groups attached to an aromatic ring is 1. The molecule has 2 N–H and O–H groups in total. The Morgan fingerprint density at radius 2 is 1.92 bits per heavy atom. The summed E-state index contributed by atoms with van der Waals surface area (Å²) in [4.78, 5) is 0. The van der Waals surface area contributed by atoms with Crippen LogP contribution in [0.1, 0.15) is 30.9 Å². The van der Waals surface area contributed by atoms with E-state index in [9.17, 15) is 4.39 Å². The Morgan fingerprint density at radius 3 is 2.42 bits per heavy atom. The third-order valence-electron chi connectivity index (χ3n) is 1.90. The van der Waals surface area contributed by atoms with E-state index in [4.69, 9.17) is 5.73 Å². The lowest BCUT2D eigenvalue weighted by Gasteiger charge is -2.09. The predicted molar refractivity (Wildman–Crippen MR) is 49.6 cm³/mol. The van der Waals surface area contributed by atoms with Gasteiger partial charge < -0.3 is 5.73 Å². The second-order valence-electron chi connectivity index (χ2n) is 3.41. The summed E-state index contributed by atoms with van der Waals surface area (Å²) in [6.07, 6.45) is 0. The van der Waals surface area contributed by atoms with Crippen LogP contribution >= 0.6 is 0 Å². The molecule has 0 fully saturated rings. The zero-order chi connectivity index (χ0) is 9.30. The fourth-order valence-corrected chi connectivity index (χ4v) is 1.25. The molecule has 12 heavy (non-hydrogen) atoms. The Hall–Kier alpha value is -1.05. The third-order valence-corrected chi connectivity index (χ3v) is 1.90. The Kier molecular flexibility index (Phi) is 2.36. The van der Waals surface area contributed by atoms with Crippen LogP contribution in [-0.2, 0) is 0 Å². The second-order valence-corrected chi connectivity index (χ2v) is 3.41. The molecule has 1 aromatic rings. The van der Waals surface area contributed by atoms with Crippen molar-refractivity contribution in [3.05, 3.63) is 29.1 Å². The van der Waals surface area contributed by atoms with E-state index in [-0.39, 0.29) is 17.4 Å². The van der Waals surface area contributed by atoms with Crippen LogP contribution in [0, 0.1) is 12.7 Å². The molecular formula is C10H14FN. The van der Waals surface area contributed by atoms with E-state index in [1.54, 1.807) is 6.07 Å². The summed E-state index contributed by atoms with van der Waals surface area (Å²) >= 11 is 0. The Morgan fingerprint density at radius 1 is 1.33 bits per heavy atom. The molecule has 0 heterocycles. The minimum Gasteiger partial charge on any atom is -0.396 e. The van der Waals surface area contributed by atoms with E-state index in [0.29, 0.717) is 5.56 Å². The zero-order valence-corrected chi connectivity index (χ0v) is 7.69. The number of hydrogen-bond donors (Lipinski definition) is 1. The van der Waals surface area contributed by atoms with Crippen LogP contribution in [0.15, 0.2) is 12.1 Å². The lowest BCUT2D eigenvalue weighted by Crippen LogP contribution is -1.99. The highest BCUT2D eigenvalue weighted by molar-refractivity contribution is 5.47. The van der Waals surface area contributed by atoms with E-state index in [2.05, 4.69) is 0 Å². The van der Waals surface area contributed by atoms with Gasteiger partial charge in [0.05, 0.1) is 5.69 Å². The van der Waals surface area contributed by atoms with Crippen molar-refractivity contribution in [3.63, 3.8) is 0 Å². The van der Waals surface area contributed by atoms with Crippen molar-refractivity contribution in [2.45, 2.75) is 26.7 Å². The van der Waals surface area contributed by atoms with E-state index in [0.717, 1.165) is 5.56 Å². The average molecular weight is 167 g/mol. The molecule has 0 bridgehead atoms. The van der Waals surface area contributed by atoms with Crippen molar-refractivity contribution in [1.29, 1.82) is 0 Å². The van der Waals surface area contributed by atoms with Crippen molar-refractivity contribution in [1.82, 2.24) is 0 Å². The molecule has 0 saturated carbocycles. The largest absolute Gasteiger partial charge is 0.396 e. The molecule has 1 aromatic carbocycles. The summed E-state index contributed by atoms with van der Waals surface area (Å²) in [5, 5.41) is 0. The zero-order valence-electron chi connectivity index (χ0n) is 7.69. The van der Waals surface area contributed by atoms with Gasteiger partial charge in [0.15, 0.2) is 0 Å². The highest BCUT2D eigenvalue weighted by Gasteiger charge is 2.09. The first-order valence-corrected chi connectivity index (χ1v) is 4.08. The Balaban J connectivity index is 3.28. The number of rotatable bonds is 1. The van der Waals surface area contributed by atoms with Crippen molar-refractivity contribution >= 4 is 5.69 Å². The monoisotopic (exact) mass is 167 g/mol. The predicted octanol–water partition coefficient (Wildman–Crippen LogP) is 2.84. The minimum absolute atomic E-state index is 0.187.